The van der Waals surface area contributed by atoms with Crippen molar-refractivity contribution >= 4 is 0 Å². The summed E-state index contributed by atoms with van der Waals surface area (Å²) in [6, 6.07) is 2.30. The second kappa shape index (κ2) is 3.92. The Morgan fingerprint density at radius 2 is 2.60 bits per heavy atom. The molecule has 2 aliphatic heterocycles. The standard InChI is InChI=1S/C11H15FN2O/c1-15-8-11-2-9(4-12)6-14(11)7-10(3-11)5-13/h4,10H,2-3,6-8H2,1H3/b9-4-/t10-,11+/m0/s1. The molecule has 0 bridgehead atoms. The van der Waals surface area contributed by atoms with Gasteiger partial charge in [-0.1, -0.05) is 0 Å². The topological polar surface area (TPSA) is 36.3 Å². The first-order chi connectivity index (χ1) is 7.24. The average molecular weight is 210 g/mol. The molecule has 0 amide bonds. The number of rotatable bonds is 2. The lowest BCUT2D eigenvalue weighted by atomic mass is 9.90. The zero-order valence-electron chi connectivity index (χ0n) is 8.87. The van der Waals surface area contributed by atoms with E-state index in [2.05, 4.69) is 11.0 Å². The summed E-state index contributed by atoms with van der Waals surface area (Å²) in [5, 5.41) is 8.92. The lowest BCUT2D eigenvalue weighted by molar-refractivity contribution is 0.0655. The van der Waals surface area contributed by atoms with Gasteiger partial charge in [-0.2, -0.15) is 5.26 Å². The zero-order valence-corrected chi connectivity index (χ0v) is 8.87. The highest BCUT2D eigenvalue weighted by molar-refractivity contribution is 5.21. The molecule has 0 unspecified atom stereocenters. The van der Waals surface area contributed by atoms with Crippen molar-refractivity contribution in [3.63, 3.8) is 0 Å². The van der Waals surface area contributed by atoms with E-state index in [9.17, 15) is 4.39 Å². The second-order valence-corrected chi connectivity index (χ2v) is 4.51. The molecule has 3 nitrogen and oxygen atoms in total. The van der Waals surface area contributed by atoms with Gasteiger partial charge in [-0.15, -0.1) is 0 Å². The van der Waals surface area contributed by atoms with Gasteiger partial charge in [0.05, 0.1) is 24.9 Å². The van der Waals surface area contributed by atoms with Crippen molar-refractivity contribution in [1.29, 1.82) is 5.26 Å². The van der Waals surface area contributed by atoms with Gasteiger partial charge in [-0.25, -0.2) is 4.39 Å². The SMILES string of the molecule is COC[C@]12C/C(=C/F)CN1C[C@H](C#N)C2. The van der Waals surface area contributed by atoms with Crippen LogP contribution in [-0.4, -0.2) is 37.2 Å². The molecule has 0 aromatic heterocycles. The summed E-state index contributed by atoms with van der Waals surface area (Å²) in [4.78, 5) is 2.19. The Morgan fingerprint density at radius 1 is 1.80 bits per heavy atom. The van der Waals surface area contributed by atoms with Crippen LogP contribution in [0.15, 0.2) is 11.9 Å². The maximum Gasteiger partial charge on any atom is 0.0872 e. The van der Waals surface area contributed by atoms with Gasteiger partial charge in [0.2, 0.25) is 0 Å². The summed E-state index contributed by atoms with van der Waals surface area (Å²) < 4.78 is 17.7. The largest absolute Gasteiger partial charge is 0.383 e. The molecule has 0 N–H and O–H groups in total. The van der Waals surface area contributed by atoms with Crippen LogP contribution in [0.1, 0.15) is 12.8 Å². The third kappa shape index (κ3) is 1.66. The van der Waals surface area contributed by atoms with Crippen LogP contribution in [-0.2, 0) is 4.74 Å². The Labute approximate surface area is 89.1 Å². The van der Waals surface area contributed by atoms with E-state index in [1.165, 1.54) is 0 Å². The van der Waals surface area contributed by atoms with Gasteiger partial charge in [0.15, 0.2) is 0 Å². The minimum atomic E-state index is -0.118. The van der Waals surface area contributed by atoms with E-state index in [0.717, 1.165) is 18.5 Å². The van der Waals surface area contributed by atoms with E-state index < -0.39 is 0 Å². The van der Waals surface area contributed by atoms with Crippen LogP contribution in [0, 0.1) is 17.2 Å². The molecule has 2 saturated heterocycles. The Balaban J connectivity index is 2.18. The van der Waals surface area contributed by atoms with Crippen molar-refractivity contribution in [2.45, 2.75) is 18.4 Å². The van der Waals surface area contributed by atoms with Crippen LogP contribution in [0.2, 0.25) is 0 Å². The highest BCUT2D eigenvalue weighted by atomic mass is 19.1. The molecular formula is C11H15FN2O. The lowest BCUT2D eigenvalue weighted by Crippen LogP contribution is -2.42. The molecule has 2 aliphatic rings. The minimum absolute atomic E-state index is 0.0707. The molecule has 2 heterocycles. The fraction of sp³-hybridized carbons (Fsp3) is 0.727. The monoisotopic (exact) mass is 210 g/mol. The number of ether oxygens (including phenoxy) is 1. The average Bonchev–Trinajstić information content (AvgIpc) is 2.70. The van der Waals surface area contributed by atoms with Crippen LogP contribution in [0.5, 0.6) is 0 Å². The van der Waals surface area contributed by atoms with E-state index in [0.29, 0.717) is 25.9 Å². The first-order valence-electron chi connectivity index (χ1n) is 5.16. The normalized spacial score (nSPS) is 38.2. The van der Waals surface area contributed by atoms with Crippen LogP contribution < -0.4 is 0 Å². The van der Waals surface area contributed by atoms with Gasteiger partial charge in [-0.05, 0) is 18.4 Å². The minimum Gasteiger partial charge on any atom is -0.383 e. The first-order valence-corrected chi connectivity index (χ1v) is 5.16. The first kappa shape index (κ1) is 10.6. The Hall–Kier alpha value is -0.920. The third-order valence-corrected chi connectivity index (χ3v) is 3.44. The van der Waals surface area contributed by atoms with Gasteiger partial charge >= 0.3 is 0 Å². The Morgan fingerprint density at radius 3 is 3.20 bits per heavy atom. The molecule has 0 aliphatic carbocycles. The van der Waals surface area contributed by atoms with Crippen molar-refractivity contribution in [2.24, 2.45) is 5.92 Å². The number of nitriles is 1. The molecule has 2 rings (SSSR count). The molecule has 15 heavy (non-hydrogen) atoms. The molecule has 2 atom stereocenters. The third-order valence-electron chi connectivity index (χ3n) is 3.44. The molecule has 0 aromatic carbocycles. The summed E-state index contributed by atoms with van der Waals surface area (Å²) in [5.41, 5.74) is 0.705. The molecule has 2 fully saturated rings. The molecule has 0 aromatic rings. The van der Waals surface area contributed by atoms with E-state index in [4.69, 9.17) is 10.00 Å². The summed E-state index contributed by atoms with van der Waals surface area (Å²) >= 11 is 0. The molecule has 4 heteroatoms. The number of fused-ring (bicyclic) bond motifs is 1. The van der Waals surface area contributed by atoms with Crippen LogP contribution in [0.3, 0.4) is 0 Å². The van der Waals surface area contributed by atoms with Crippen molar-refractivity contribution in [3.05, 3.63) is 11.9 Å². The predicted molar refractivity (Wildman–Crippen MR) is 53.7 cm³/mol. The van der Waals surface area contributed by atoms with Crippen molar-refractivity contribution in [1.82, 2.24) is 4.90 Å². The fourth-order valence-corrected chi connectivity index (χ4v) is 2.88. The number of nitrogens with zero attached hydrogens (tertiary/aromatic N) is 2. The zero-order chi connectivity index (χ0) is 10.9. The van der Waals surface area contributed by atoms with Crippen LogP contribution in [0.25, 0.3) is 0 Å². The number of methoxy groups -OCH3 is 1. The quantitative estimate of drug-likeness (QED) is 0.692. The van der Waals surface area contributed by atoms with Gasteiger partial charge in [0, 0.05) is 25.7 Å². The Bertz CT molecular complexity index is 323. The highest BCUT2D eigenvalue weighted by Gasteiger charge is 2.50. The number of hydrogen-bond donors (Lipinski definition) is 0. The second-order valence-electron chi connectivity index (χ2n) is 4.51. The number of halogens is 1. The molecular weight excluding hydrogens is 195 g/mol. The maximum atomic E-state index is 12.5. The summed E-state index contributed by atoms with van der Waals surface area (Å²) in [7, 11) is 1.66. The smallest absolute Gasteiger partial charge is 0.0872 e. The van der Waals surface area contributed by atoms with E-state index in [1.54, 1.807) is 7.11 Å². The van der Waals surface area contributed by atoms with Crippen molar-refractivity contribution in [2.75, 3.05) is 26.8 Å². The van der Waals surface area contributed by atoms with Gasteiger partial charge in [-0.3, -0.25) is 4.90 Å². The lowest BCUT2D eigenvalue weighted by Gasteiger charge is -2.30. The van der Waals surface area contributed by atoms with E-state index in [-0.39, 0.29) is 11.5 Å². The van der Waals surface area contributed by atoms with E-state index in [1.807, 2.05) is 0 Å². The van der Waals surface area contributed by atoms with Crippen LogP contribution >= 0.6 is 0 Å². The number of hydrogen-bond acceptors (Lipinski definition) is 3. The van der Waals surface area contributed by atoms with Crippen molar-refractivity contribution in [3.8, 4) is 6.07 Å². The summed E-state index contributed by atoms with van der Waals surface area (Å²) in [6.07, 6.45) is 2.21. The maximum absolute atomic E-state index is 12.5. The molecule has 0 radical (unpaired) electrons. The molecule has 0 saturated carbocycles. The van der Waals surface area contributed by atoms with Gasteiger partial charge < -0.3 is 4.74 Å². The summed E-state index contributed by atoms with van der Waals surface area (Å²) in [5.74, 6) is 0.0707. The highest BCUT2D eigenvalue weighted by Crippen LogP contribution is 2.43. The van der Waals surface area contributed by atoms with Crippen molar-refractivity contribution < 1.29 is 9.13 Å². The Kier molecular flexibility index (Phi) is 2.76. The summed E-state index contributed by atoms with van der Waals surface area (Å²) in [6.45, 7) is 1.98. The molecule has 0 spiro atoms. The van der Waals surface area contributed by atoms with Gasteiger partial charge in [0.25, 0.3) is 0 Å². The predicted octanol–water partition coefficient (Wildman–Crippen LogP) is 1.47. The van der Waals surface area contributed by atoms with E-state index >= 15 is 0 Å². The van der Waals surface area contributed by atoms with Gasteiger partial charge in [0.1, 0.15) is 0 Å². The molecule has 82 valence electrons. The van der Waals surface area contributed by atoms with Crippen LogP contribution in [0.4, 0.5) is 4.39 Å². The fourth-order valence-electron chi connectivity index (χ4n) is 2.88.